The number of halogens is 1. The molecule has 21 heavy (non-hydrogen) atoms. The summed E-state index contributed by atoms with van der Waals surface area (Å²) in [7, 11) is 0. The Morgan fingerprint density at radius 3 is 2.76 bits per heavy atom. The molecule has 3 nitrogen and oxygen atoms in total. The maximum absolute atomic E-state index is 12.2. The predicted octanol–water partition coefficient (Wildman–Crippen LogP) is 2.57. The van der Waals surface area contributed by atoms with Gasteiger partial charge in [0.25, 0.3) is 5.91 Å². The second-order valence-electron chi connectivity index (χ2n) is 6.02. The van der Waals surface area contributed by atoms with Gasteiger partial charge in [-0.3, -0.25) is 4.79 Å². The van der Waals surface area contributed by atoms with Crippen LogP contribution < -0.4 is 11.1 Å². The summed E-state index contributed by atoms with van der Waals surface area (Å²) in [6.45, 7) is 1.09. The summed E-state index contributed by atoms with van der Waals surface area (Å²) in [6.07, 6.45) is 5.17. The molecule has 3 N–H and O–H groups in total. The van der Waals surface area contributed by atoms with Crippen LogP contribution in [0.3, 0.4) is 0 Å². The van der Waals surface area contributed by atoms with E-state index in [2.05, 4.69) is 17.2 Å². The van der Waals surface area contributed by atoms with E-state index in [1.807, 2.05) is 0 Å². The third kappa shape index (κ3) is 3.23. The molecule has 1 aromatic rings. The largest absolute Gasteiger partial charge is 0.351 e. The van der Waals surface area contributed by atoms with Gasteiger partial charge in [-0.05, 0) is 55.2 Å². The van der Waals surface area contributed by atoms with Crippen LogP contribution in [-0.4, -0.2) is 19.0 Å². The van der Waals surface area contributed by atoms with E-state index in [9.17, 15) is 4.79 Å². The smallest absolute Gasteiger partial charge is 0.251 e. The summed E-state index contributed by atoms with van der Waals surface area (Å²) in [6, 6.07) is 5.21. The molecule has 2 aliphatic rings. The van der Waals surface area contributed by atoms with E-state index in [4.69, 9.17) is 17.3 Å². The van der Waals surface area contributed by atoms with Crippen molar-refractivity contribution in [1.82, 2.24) is 5.32 Å². The Labute approximate surface area is 130 Å². The minimum absolute atomic E-state index is 0.0536. The van der Waals surface area contributed by atoms with Crippen molar-refractivity contribution >= 4 is 17.5 Å². The SMILES string of the molecule is NCC#Cc1ccc(C(=O)NCC2(C3CC3)CC2)cc1Cl. The molecule has 2 aliphatic carbocycles. The maximum atomic E-state index is 12.2. The van der Waals surface area contributed by atoms with Gasteiger partial charge in [-0.15, -0.1) is 0 Å². The lowest BCUT2D eigenvalue weighted by Crippen LogP contribution is -2.31. The number of amides is 1. The summed E-state index contributed by atoms with van der Waals surface area (Å²) in [4.78, 5) is 12.2. The molecule has 4 heteroatoms. The highest BCUT2D eigenvalue weighted by Gasteiger charge is 2.53. The number of hydrogen-bond donors (Lipinski definition) is 2. The van der Waals surface area contributed by atoms with E-state index in [1.165, 1.54) is 25.7 Å². The van der Waals surface area contributed by atoms with Crippen LogP contribution in [0.1, 0.15) is 41.6 Å². The topological polar surface area (TPSA) is 55.1 Å². The monoisotopic (exact) mass is 302 g/mol. The third-order valence-electron chi connectivity index (χ3n) is 4.49. The standard InChI is InChI=1S/C17H19ClN2O/c18-15-10-13(4-3-12(15)2-1-9-19)16(21)20-11-17(7-8-17)14-5-6-14/h3-4,10,14H,5-9,11,19H2,(H,20,21). The third-order valence-corrected chi connectivity index (χ3v) is 4.81. The van der Waals surface area contributed by atoms with Crippen molar-refractivity contribution in [1.29, 1.82) is 0 Å². The highest BCUT2D eigenvalue weighted by Crippen LogP contribution is 2.60. The Hall–Kier alpha value is -1.50. The zero-order valence-electron chi connectivity index (χ0n) is 11.9. The van der Waals surface area contributed by atoms with Gasteiger partial charge in [-0.25, -0.2) is 0 Å². The lowest BCUT2D eigenvalue weighted by Gasteiger charge is -2.15. The summed E-state index contributed by atoms with van der Waals surface area (Å²) < 4.78 is 0. The lowest BCUT2D eigenvalue weighted by atomic mass is 10.0. The fraction of sp³-hybridized carbons (Fsp3) is 0.471. The molecule has 3 rings (SSSR count). The second kappa shape index (κ2) is 5.71. The first-order valence-corrected chi connectivity index (χ1v) is 7.79. The van der Waals surface area contributed by atoms with Crippen LogP contribution in [0.4, 0.5) is 0 Å². The Kier molecular flexibility index (Phi) is 3.93. The number of carbonyl (C=O) groups is 1. The van der Waals surface area contributed by atoms with Crippen molar-refractivity contribution in [3.8, 4) is 11.8 Å². The molecule has 110 valence electrons. The molecule has 0 aliphatic heterocycles. The van der Waals surface area contributed by atoms with Gasteiger partial charge in [-0.2, -0.15) is 0 Å². The average Bonchev–Trinajstić information content (AvgIpc) is 3.36. The molecule has 0 spiro atoms. The van der Waals surface area contributed by atoms with Crippen molar-refractivity contribution < 1.29 is 4.79 Å². The minimum atomic E-state index is -0.0536. The molecule has 0 unspecified atom stereocenters. The van der Waals surface area contributed by atoms with Gasteiger partial charge in [0.05, 0.1) is 11.6 Å². The molecule has 2 fully saturated rings. The Balaban J connectivity index is 1.63. The van der Waals surface area contributed by atoms with Gasteiger partial charge < -0.3 is 11.1 Å². The van der Waals surface area contributed by atoms with E-state index in [1.54, 1.807) is 18.2 Å². The van der Waals surface area contributed by atoms with Gasteiger partial charge in [0.1, 0.15) is 0 Å². The van der Waals surface area contributed by atoms with Crippen LogP contribution in [0, 0.1) is 23.2 Å². The second-order valence-corrected chi connectivity index (χ2v) is 6.43. The van der Waals surface area contributed by atoms with Crippen molar-refractivity contribution in [2.45, 2.75) is 25.7 Å². The number of benzene rings is 1. The number of nitrogens with one attached hydrogen (secondary N) is 1. The molecule has 1 amide bonds. The number of rotatable bonds is 4. The quantitative estimate of drug-likeness (QED) is 0.840. The summed E-state index contributed by atoms with van der Waals surface area (Å²) in [5.41, 5.74) is 7.04. The number of hydrogen-bond acceptors (Lipinski definition) is 2. The predicted molar refractivity (Wildman–Crippen MR) is 84.1 cm³/mol. The molecule has 0 atom stereocenters. The highest BCUT2D eigenvalue weighted by atomic mass is 35.5. The van der Waals surface area contributed by atoms with E-state index in [0.29, 0.717) is 28.1 Å². The Morgan fingerprint density at radius 2 is 2.19 bits per heavy atom. The first-order valence-electron chi connectivity index (χ1n) is 7.41. The number of nitrogens with two attached hydrogens (primary N) is 1. The zero-order chi connectivity index (χ0) is 14.9. The normalized spacial score (nSPS) is 18.6. The van der Waals surface area contributed by atoms with E-state index in [-0.39, 0.29) is 5.91 Å². The fourth-order valence-electron chi connectivity index (χ4n) is 2.85. The van der Waals surface area contributed by atoms with Crippen LogP contribution in [0.2, 0.25) is 5.02 Å². The van der Waals surface area contributed by atoms with Crippen molar-refractivity contribution in [2.24, 2.45) is 17.1 Å². The molecular weight excluding hydrogens is 284 g/mol. The molecule has 2 saturated carbocycles. The van der Waals surface area contributed by atoms with Gasteiger partial charge >= 0.3 is 0 Å². The van der Waals surface area contributed by atoms with E-state index < -0.39 is 0 Å². The van der Waals surface area contributed by atoms with Crippen LogP contribution in [-0.2, 0) is 0 Å². The lowest BCUT2D eigenvalue weighted by molar-refractivity contribution is 0.0942. The molecule has 0 heterocycles. The molecule has 0 aromatic heterocycles. The molecule has 0 radical (unpaired) electrons. The molecule has 0 saturated heterocycles. The summed E-state index contributed by atoms with van der Waals surface area (Å²) in [5, 5.41) is 3.55. The van der Waals surface area contributed by atoms with Gasteiger partial charge in [0.15, 0.2) is 0 Å². The van der Waals surface area contributed by atoms with Gasteiger partial charge in [0.2, 0.25) is 0 Å². The Morgan fingerprint density at radius 1 is 1.43 bits per heavy atom. The Bertz CT molecular complexity index is 621. The molecular formula is C17H19ClN2O. The van der Waals surface area contributed by atoms with Gasteiger partial charge in [-0.1, -0.05) is 23.4 Å². The fourth-order valence-corrected chi connectivity index (χ4v) is 3.08. The molecule has 1 aromatic carbocycles. The maximum Gasteiger partial charge on any atom is 0.251 e. The average molecular weight is 303 g/mol. The van der Waals surface area contributed by atoms with E-state index >= 15 is 0 Å². The van der Waals surface area contributed by atoms with Crippen molar-refractivity contribution in [3.05, 3.63) is 34.3 Å². The van der Waals surface area contributed by atoms with Crippen molar-refractivity contribution in [3.63, 3.8) is 0 Å². The summed E-state index contributed by atoms with van der Waals surface area (Å²) in [5.74, 6) is 6.44. The highest BCUT2D eigenvalue weighted by molar-refractivity contribution is 6.32. The minimum Gasteiger partial charge on any atom is -0.351 e. The van der Waals surface area contributed by atoms with E-state index in [0.717, 1.165) is 12.5 Å². The number of carbonyl (C=O) groups excluding carboxylic acids is 1. The van der Waals surface area contributed by atoms with Crippen LogP contribution in [0.15, 0.2) is 18.2 Å². The first-order chi connectivity index (χ1) is 10.1. The zero-order valence-corrected chi connectivity index (χ0v) is 12.7. The van der Waals surface area contributed by atoms with Crippen LogP contribution in [0.25, 0.3) is 0 Å². The van der Waals surface area contributed by atoms with Crippen molar-refractivity contribution in [2.75, 3.05) is 13.1 Å². The van der Waals surface area contributed by atoms with Gasteiger partial charge in [0, 0.05) is 17.7 Å². The van der Waals surface area contributed by atoms with Crippen LogP contribution in [0.5, 0.6) is 0 Å². The first kappa shape index (κ1) is 14.4. The summed E-state index contributed by atoms with van der Waals surface area (Å²) >= 11 is 6.15. The van der Waals surface area contributed by atoms with Crippen LogP contribution >= 0.6 is 11.6 Å². The molecule has 0 bridgehead atoms.